The summed E-state index contributed by atoms with van der Waals surface area (Å²) in [5.41, 5.74) is 1.43. The molecule has 0 bridgehead atoms. The minimum absolute atomic E-state index is 0.205. The summed E-state index contributed by atoms with van der Waals surface area (Å²) in [5, 5.41) is 13.8. The fraction of sp³-hybridized carbons (Fsp3) is 0.364. The van der Waals surface area contributed by atoms with Crippen molar-refractivity contribution in [1.82, 2.24) is 19.9 Å². The number of imidazole rings is 1. The van der Waals surface area contributed by atoms with E-state index in [0.29, 0.717) is 47.3 Å². The Morgan fingerprint density at radius 3 is 2.78 bits per heavy atom. The molecule has 8 nitrogen and oxygen atoms in total. The normalized spacial score (nSPS) is 18.1. The van der Waals surface area contributed by atoms with Gasteiger partial charge in [0.25, 0.3) is 0 Å². The van der Waals surface area contributed by atoms with Gasteiger partial charge in [0.1, 0.15) is 5.82 Å². The van der Waals surface area contributed by atoms with E-state index in [4.69, 9.17) is 28.2 Å². The van der Waals surface area contributed by atoms with Gasteiger partial charge in [-0.15, -0.1) is 0 Å². The molecule has 1 aromatic carbocycles. The third kappa shape index (κ3) is 4.38. The number of likely N-dealkylation sites (N-methyl/N-ethyl adjacent to an activating group) is 1. The largest absolute Gasteiger partial charge is 0.481 e. The number of nitrogens with zero attached hydrogens (tertiary/aromatic N) is 4. The number of aromatic nitrogens is 3. The molecule has 0 saturated heterocycles. The van der Waals surface area contributed by atoms with Crippen molar-refractivity contribution in [2.24, 2.45) is 11.8 Å². The average Bonchev–Trinajstić information content (AvgIpc) is 3.48. The first-order chi connectivity index (χ1) is 15.4. The zero-order chi connectivity index (χ0) is 22.8. The monoisotopic (exact) mass is 475 g/mol. The van der Waals surface area contributed by atoms with E-state index in [-0.39, 0.29) is 5.91 Å². The number of fused-ring (bicyclic) bond motifs is 1. The lowest BCUT2D eigenvalue weighted by Gasteiger charge is -2.22. The van der Waals surface area contributed by atoms with Crippen LogP contribution in [0.15, 0.2) is 36.9 Å². The highest BCUT2D eigenvalue weighted by Crippen LogP contribution is 2.35. The molecule has 2 N–H and O–H groups in total. The van der Waals surface area contributed by atoms with Gasteiger partial charge in [-0.25, -0.2) is 9.97 Å². The van der Waals surface area contributed by atoms with E-state index in [9.17, 15) is 14.7 Å². The Hall–Kier alpha value is -2.84. The highest BCUT2D eigenvalue weighted by atomic mass is 35.5. The van der Waals surface area contributed by atoms with E-state index in [1.54, 1.807) is 18.6 Å². The van der Waals surface area contributed by atoms with Crippen LogP contribution >= 0.6 is 23.2 Å². The zero-order valence-corrected chi connectivity index (χ0v) is 19.0. The number of amides is 1. The Bertz CT molecular complexity index is 1150. The van der Waals surface area contributed by atoms with Crippen molar-refractivity contribution < 1.29 is 14.7 Å². The second kappa shape index (κ2) is 9.34. The molecule has 1 fully saturated rings. The lowest BCUT2D eigenvalue weighted by Crippen LogP contribution is -2.39. The van der Waals surface area contributed by atoms with E-state index >= 15 is 0 Å². The summed E-state index contributed by atoms with van der Waals surface area (Å²) in [6.45, 7) is 0.845. The van der Waals surface area contributed by atoms with Crippen molar-refractivity contribution in [2.75, 3.05) is 25.0 Å². The first-order valence-corrected chi connectivity index (χ1v) is 11.1. The number of carbonyl (C=O) groups excluding carboxylic acids is 1. The lowest BCUT2D eigenvalue weighted by molar-refractivity contribution is -0.146. The van der Waals surface area contributed by atoms with Crippen molar-refractivity contribution >= 4 is 51.8 Å². The smallest absolute Gasteiger partial charge is 0.307 e. The summed E-state index contributed by atoms with van der Waals surface area (Å²) in [4.78, 5) is 34.6. The number of benzene rings is 1. The molecule has 1 saturated carbocycles. The quantitative estimate of drug-likeness (QED) is 0.539. The Morgan fingerprint density at radius 2 is 2.06 bits per heavy atom. The number of aliphatic carboxylic acids is 1. The number of pyridine rings is 1. The molecule has 0 spiro atoms. The van der Waals surface area contributed by atoms with Gasteiger partial charge in [-0.1, -0.05) is 29.6 Å². The van der Waals surface area contributed by atoms with E-state index in [1.165, 1.54) is 0 Å². The van der Waals surface area contributed by atoms with E-state index in [0.717, 1.165) is 17.5 Å². The second-order valence-electron chi connectivity index (χ2n) is 7.92. The molecule has 0 aliphatic heterocycles. The Morgan fingerprint density at radius 1 is 1.28 bits per heavy atom. The van der Waals surface area contributed by atoms with Gasteiger partial charge in [0.2, 0.25) is 5.91 Å². The number of rotatable bonds is 7. The number of carboxylic acid groups (broad SMARTS) is 1. The van der Waals surface area contributed by atoms with Gasteiger partial charge < -0.3 is 19.9 Å². The van der Waals surface area contributed by atoms with Crippen LogP contribution in [0.5, 0.6) is 0 Å². The predicted octanol–water partition coefficient (Wildman–Crippen LogP) is 3.78. The van der Waals surface area contributed by atoms with Gasteiger partial charge in [-0.2, -0.15) is 0 Å². The van der Waals surface area contributed by atoms with Crippen LogP contribution in [-0.2, 0) is 9.59 Å². The number of nitrogens with one attached hydrogen (secondary N) is 1. The number of halogens is 2. The number of carbonyl (C=O) groups is 2. The van der Waals surface area contributed by atoms with Crippen molar-refractivity contribution in [3.05, 3.63) is 47.0 Å². The maximum atomic E-state index is 12.5. The highest BCUT2D eigenvalue weighted by molar-refractivity contribution is 6.45. The van der Waals surface area contributed by atoms with E-state index < -0.39 is 17.8 Å². The Kier molecular flexibility index (Phi) is 6.53. The molecule has 1 amide bonds. The van der Waals surface area contributed by atoms with Crippen LogP contribution < -0.4 is 10.2 Å². The summed E-state index contributed by atoms with van der Waals surface area (Å²) >= 11 is 12.7. The average molecular weight is 476 g/mol. The molecule has 32 heavy (non-hydrogen) atoms. The van der Waals surface area contributed by atoms with Gasteiger partial charge in [0.05, 0.1) is 39.4 Å². The fourth-order valence-corrected chi connectivity index (χ4v) is 4.54. The minimum Gasteiger partial charge on any atom is -0.481 e. The molecule has 2 atom stereocenters. The fourth-order valence-electron chi connectivity index (χ4n) is 4.18. The van der Waals surface area contributed by atoms with E-state index in [2.05, 4.69) is 10.3 Å². The first-order valence-electron chi connectivity index (χ1n) is 10.4. The summed E-state index contributed by atoms with van der Waals surface area (Å²) in [6, 6.07) is 5.53. The lowest BCUT2D eigenvalue weighted by atomic mass is 9.95. The van der Waals surface area contributed by atoms with Crippen molar-refractivity contribution in [3.63, 3.8) is 0 Å². The molecule has 2 unspecified atom stereocenters. The third-order valence-electron chi connectivity index (χ3n) is 5.93. The number of anilines is 1. The maximum absolute atomic E-state index is 12.5. The summed E-state index contributed by atoms with van der Waals surface area (Å²) in [7, 11) is 1.87. The molecular weight excluding hydrogens is 453 g/mol. The second-order valence-corrected chi connectivity index (χ2v) is 8.71. The zero-order valence-electron chi connectivity index (χ0n) is 17.5. The maximum Gasteiger partial charge on any atom is 0.307 e. The first kappa shape index (κ1) is 22.4. The molecule has 0 radical (unpaired) electrons. The van der Waals surface area contributed by atoms with Crippen LogP contribution in [-0.4, -0.2) is 51.7 Å². The van der Waals surface area contributed by atoms with E-state index in [1.807, 2.05) is 34.8 Å². The van der Waals surface area contributed by atoms with Gasteiger partial charge in [-0.05, 0) is 25.0 Å². The minimum atomic E-state index is -0.900. The molecule has 1 aliphatic rings. The van der Waals surface area contributed by atoms with Crippen LogP contribution in [0.25, 0.3) is 16.6 Å². The molecule has 1 aliphatic carbocycles. The number of carboxylic acids is 1. The molecule has 3 aromatic rings. The Labute approximate surface area is 195 Å². The van der Waals surface area contributed by atoms with Gasteiger partial charge in [-0.3, -0.25) is 9.59 Å². The number of hydrogen-bond donors (Lipinski definition) is 2. The molecule has 168 valence electrons. The van der Waals surface area contributed by atoms with Crippen molar-refractivity contribution in [1.29, 1.82) is 0 Å². The predicted molar refractivity (Wildman–Crippen MR) is 124 cm³/mol. The van der Waals surface area contributed by atoms with Crippen LogP contribution in [0.2, 0.25) is 10.0 Å². The highest BCUT2D eigenvalue weighted by Gasteiger charge is 2.37. The summed E-state index contributed by atoms with van der Waals surface area (Å²) < 4.78 is 1.87. The SMILES string of the molecule is CN(CCNC(=O)C1CCCC1C(=O)O)c1cc(-n2ccnc2)c2ccc(Cl)c(Cl)c2n1. The van der Waals surface area contributed by atoms with Crippen LogP contribution in [0.4, 0.5) is 5.82 Å². The summed E-state index contributed by atoms with van der Waals surface area (Å²) in [5.74, 6) is -1.51. The Balaban J connectivity index is 1.52. The van der Waals surface area contributed by atoms with Crippen LogP contribution in [0.3, 0.4) is 0 Å². The molecular formula is C22H23Cl2N5O3. The third-order valence-corrected chi connectivity index (χ3v) is 6.72. The summed E-state index contributed by atoms with van der Waals surface area (Å²) in [6.07, 6.45) is 7.14. The van der Waals surface area contributed by atoms with Gasteiger partial charge in [0.15, 0.2) is 0 Å². The van der Waals surface area contributed by atoms with Crippen molar-refractivity contribution in [3.8, 4) is 5.69 Å². The molecule has 10 heteroatoms. The topological polar surface area (TPSA) is 100 Å². The van der Waals surface area contributed by atoms with Gasteiger partial charge >= 0.3 is 5.97 Å². The molecule has 4 rings (SSSR count). The van der Waals surface area contributed by atoms with Gasteiger partial charge in [0, 0.05) is 44.0 Å². The molecule has 2 heterocycles. The van der Waals surface area contributed by atoms with Crippen molar-refractivity contribution in [2.45, 2.75) is 19.3 Å². The van der Waals surface area contributed by atoms with Crippen LogP contribution in [0, 0.1) is 11.8 Å². The standard InChI is InChI=1S/C22H23Cl2N5O3/c1-28(9-8-26-21(30)13-3-2-4-14(13)22(31)32)18-11-17(29-10-7-25-12-29)15-5-6-16(23)19(24)20(15)27-18/h5-7,10-14H,2-4,8-9H2,1H3,(H,26,30)(H,31,32). The number of hydrogen-bond acceptors (Lipinski definition) is 5. The molecule has 2 aromatic heterocycles. The van der Waals surface area contributed by atoms with Crippen LogP contribution in [0.1, 0.15) is 19.3 Å².